The first-order valence-electron chi connectivity index (χ1n) is 9.91. The van der Waals surface area contributed by atoms with Crippen molar-refractivity contribution in [3.63, 3.8) is 0 Å². The zero-order valence-corrected chi connectivity index (χ0v) is 18.2. The van der Waals surface area contributed by atoms with Crippen LogP contribution in [0.5, 0.6) is 5.75 Å². The number of thioether (sulfide) groups is 1. The molecule has 4 aromatic rings. The normalized spacial score (nSPS) is 10.6. The number of rotatable bonds is 7. The zero-order chi connectivity index (χ0) is 21.6. The number of carbonyl (C=O) groups is 1. The van der Waals surface area contributed by atoms with Gasteiger partial charge in [-0.1, -0.05) is 59.8 Å². The summed E-state index contributed by atoms with van der Waals surface area (Å²) in [6.45, 7) is 2.06. The third kappa shape index (κ3) is 5.16. The predicted octanol–water partition coefficient (Wildman–Crippen LogP) is 5.59. The van der Waals surface area contributed by atoms with Crippen molar-refractivity contribution in [3.05, 3.63) is 90.6 Å². The van der Waals surface area contributed by atoms with Gasteiger partial charge in [0.1, 0.15) is 5.75 Å². The summed E-state index contributed by atoms with van der Waals surface area (Å²) in [5.74, 6) is 0.916. The number of nitrogens with one attached hydrogen (secondary N) is 1. The SMILES string of the molecule is COc1ccc(NC(=O)CSc2nc(-c3ccccc3)cn2-c2ccc(C)cc2)cc1. The molecule has 0 spiro atoms. The second-order valence-electron chi connectivity index (χ2n) is 7.05. The Bertz CT molecular complexity index is 1150. The number of amides is 1. The molecule has 1 amide bonds. The molecule has 0 aliphatic heterocycles. The lowest BCUT2D eigenvalue weighted by Crippen LogP contribution is -2.14. The van der Waals surface area contributed by atoms with Crippen molar-refractivity contribution in [1.29, 1.82) is 0 Å². The van der Waals surface area contributed by atoms with E-state index in [0.717, 1.165) is 33.5 Å². The molecule has 6 heteroatoms. The summed E-state index contributed by atoms with van der Waals surface area (Å²) < 4.78 is 7.19. The number of carbonyl (C=O) groups excluding carboxylic acids is 1. The van der Waals surface area contributed by atoms with Crippen LogP contribution in [-0.4, -0.2) is 28.3 Å². The Balaban J connectivity index is 1.53. The quantitative estimate of drug-likeness (QED) is 0.389. The zero-order valence-electron chi connectivity index (χ0n) is 17.4. The molecule has 0 bridgehead atoms. The standard InChI is InChI=1S/C25H23N3O2S/c1-18-8-12-21(13-9-18)28-16-23(19-6-4-3-5-7-19)27-25(28)31-17-24(29)26-20-10-14-22(30-2)15-11-20/h3-16H,17H2,1-2H3,(H,26,29). The number of nitrogens with zero attached hydrogens (tertiary/aromatic N) is 2. The van der Waals surface area contributed by atoms with E-state index < -0.39 is 0 Å². The van der Waals surface area contributed by atoms with Crippen LogP contribution in [0.4, 0.5) is 5.69 Å². The summed E-state index contributed by atoms with van der Waals surface area (Å²) in [7, 11) is 1.62. The van der Waals surface area contributed by atoms with Gasteiger partial charge in [-0.15, -0.1) is 0 Å². The Morgan fingerprint density at radius 3 is 2.39 bits per heavy atom. The second-order valence-corrected chi connectivity index (χ2v) is 7.99. The Morgan fingerprint density at radius 2 is 1.71 bits per heavy atom. The van der Waals surface area contributed by atoms with Crippen molar-refractivity contribution in [1.82, 2.24) is 9.55 Å². The van der Waals surface area contributed by atoms with E-state index >= 15 is 0 Å². The van der Waals surface area contributed by atoms with E-state index in [1.807, 2.05) is 65.4 Å². The monoisotopic (exact) mass is 429 g/mol. The van der Waals surface area contributed by atoms with Gasteiger partial charge in [0.15, 0.2) is 5.16 Å². The van der Waals surface area contributed by atoms with Crippen LogP contribution in [0, 0.1) is 6.92 Å². The number of aryl methyl sites for hydroxylation is 1. The van der Waals surface area contributed by atoms with Crippen molar-refractivity contribution in [2.45, 2.75) is 12.1 Å². The Kier molecular flexibility index (Phi) is 6.38. The number of ether oxygens (including phenoxy) is 1. The van der Waals surface area contributed by atoms with Crippen LogP contribution in [-0.2, 0) is 4.79 Å². The number of anilines is 1. The molecule has 0 unspecified atom stereocenters. The molecule has 0 saturated heterocycles. The molecule has 0 fully saturated rings. The van der Waals surface area contributed by atoms with Crippen LogP contribution in [0.25, 0.3) is 16.9 Å². The maximum Gasteiger partial charge on any atom is 0.234 e. The topological polar surface area (TPSA) is 56.1 Å². The Labute approximate surface area is 186 Å². The molecule has 1 heterocycles. The highest BCUT2D eigenvalue weighted by atomic mass is 32.2. The van der Waals surface area contributed by atoms with Gasteiger partial charge in [0, 0.05) is 23.1 Å². The molecule has 4 rings (SSSR count). The number of hydrogen-bond donors (Lipinski definition) is 1. The maximum atomic E-state index is 12.5. The van der Waals surface area contributed by atoms with Gasteiger partial charge in [-0.2, -0.15) is 0 Å². The Morgan fingerprint density at radius 1 is 1.00 bits per heavy atom. The van der Waals surface area contributed by atoms with Crippen molar-refractivity contribution in [2.24, 2.45) is 0 Å². The van der Waals surface area contributed by atoms with Crippen LogP contribution >= 0.6 is 11.8 Å². The van der Waals surface area contributed by atoms with Gasteiger partial charge >= 0.3 is 0 Å². The molecule has 3 aromatic carbocycles. The number of imidazole rings is 1. The largest absolute Gasteiger partial charge is 0.497 e. The molecular formula is C25H23N3O2S. The van der Waals surface area contributed by atoms with E-state index in [9.17, 15) is 4.79 Å². The fourth-order valence-electron chi connectivity index (χ4n) is 3.10. The lowest BCUT2D eigenvalue weighted by Gasteiger charge is -2.08. The maximum absolute atomic E-state index is 12.5. The van der Waals surface area contributed by atoms with Gasteiger partial charge in [0.2, 0.25) is 5.91 Å². The van der Waals surface area contributed by atoms with Crippen LogP contribution in [0.15, 0.2) is 90.2 Å². The van der Waals surface area contributed by atoms with Gasteiger partial charge in [-0.25, -0.2) is 4.98 Å². The summed E-state index contributed by atoms with van der Waals surface area (Å²) in [4.78, 5) is 17.3. The minimum Gasteiger partial charge on any atom is -0.497 e. The van der Waals surface area contributed by atoms with Crippen LogP contribution in [0.3, 0.4) is 0 Å². The predicted molar refractivity (Wildman–Crippen MR) is 126 cm³/mol. The van der Waals surface area contributed by atoms with Crippen LogP contribution in [0.1, 0.15) is 5.56 Å². The van der Waals surface area contributed by atoms with E-state index in [0.29, 0.717) is 0 Å². The van der Waals surface area contributed by atoms with Gasteiger partial charge in [0.25, 0.3) is 0 Å². The van der Waals surface area contributed by atoms with Gasteiger partial charge in [-0.05, 0) is 43.3 Å². The average Bonchev–Trinajstić information content (AvgIpc) is 3.24. The summed E-state index contributed by atoms with van der Waals surface area (Å²) in [6.07, 6.45) is 2.02. The van der Waals surface area contributed by atoms with E-state index in [1.54, 1.807) is 7.11 Å². The summed E-state index contributed by atoms with van der Waals surface area (Å²) in [5.41, 5.74) is 4.86. The summed E-state index contributed by atoms with van der Waals surface area (Å²) >= 11 is 1.41. The first-order valence-corrected chi connectivity index (χ1v) is 10.9. The van der Waals surface area contributed by atoms with Crippen LogP contribution in [0.2, 0.25) is 0 Å². The van der Waals surface area contributed by atoms with E-state index in [1.165, 1.54) is 17.3 Å². The minimum absolute atomic E-state index is 0.0881. The van der Waals surface area contributed by atoms with Gasteiger partial charge < -0.3 is 10.1 Å². The van der Waals surface area contributed by atoms with Gasteiger partial charge in [0.05, 0.1) is 18.6 Å². The summed E-state index contributed by atoms with van der Waals surface area (Å²) in [6, 6.07) is 25.6. The summed E-state index contributed by atoms with van der Waals surface area (Å²) in [5, 5.41) is 3.69. The molecule has 1 N–H and O–H groups in total. The van der Waals surface area contributed by atoms with Crippen LogP contribution < -0.4 is 10.1 Å². The molecule has 5 nitrogen and oxygen atoms in total. The molecule has 0 atom stereocenters. The minimum atomic E-state index is -0.0881. The first-order chi connectivity index (χ1) is 15.1. The highest BCUT2D eigenvalue weighted by Gasteiger charge is 2.14. The smallest absolute Gasteiger partial charge is 0.234 e. The van der Waals surface area contributed by atoms with Crippen molar-refractivity contribution in [2.75, 3.05) is 18.2 Å². The number of aromatic nitrogens is 2. The lowest BCUT2D eigenvalue weighted by atomic mass is 10.2. The molecule has 0 aliphatic rings. The fourth-order valence-corrected chi connectivity index (χ4v) is 3.90. The highest BCUT2D eigenvalue weighted by Crippen LogP contribution is 2.27. The highest BCUT2D eigenvalue weighted by molar-refractivity contribution is 7.99. The number of benzene rings is 3. The van der Waals surface area contributed by atoms with E-state index in [2.05, 4.69) is 36.5 Å². The van der Waals surface area contributed by atoms with Crippen molar-refractivity contribution < 1.29 is 9.53 Å². The molecule has 31 heavy (non-hydrogen) atoms. The fraction of sp³-hybridized carbons (Fsp3) is 0.120. The van der Waals surface area contributed by atoms with Crippen molar-refractivity contribution >= 4 is 23.4 Å². The number of hydrogen-bond acceptors (Lipinski definition) is 4. The molecule has 0 saturated carbocycles. The number of methoxy groups -OCH3 is 1. The molecular weight excluding hydrogens is 406 g/mol. The average molecular weight is 430 g/mol. The third-order valence-electron chi connectivity index (χ3n) is 4.76. The van der Waals surface area contributed by atoms with E-state index in [4.69, 9.17) is 9.72 Å². The third-order valence-corrected chi connectivity index (χ3v) is 5.71. The van der Waals surface area contributed by atoms with Gasteiger partial charge in [-0.3, -0.25) is 9.36 Å². The molecule has 1 aromatic heterocycles. The Hall–Kier alpha value is -3.51. The van der Waals surface area contributed by atoms with Crippen molar-refractivity contribution in [3.8, 4) is 22.7 Å². The molecule has 0 aliphatic carbocycles. The molecule has 0 radical (unpaired) electrons. The lowest BCUT2D eigenvalue weighted by molar-refractivity contribution is -0.113. The second kappa shape index (κ2) is 9.53. The van der Waals surface area contributed by atoms with E-state index in [-0.39, 0.29) is 11.7 Å². The molecule has 156 valence electrons. The first kappa shape index (κ1) is 20.8.